The predicted octanol–water partition coefficient (Wildman–Crippen LogP) is 4.11. The van der Waals surface area contributed by atoms with Crippen LogP contribution in [0.2, 0.25) is 0 Å². The zero-order valence-electron chi connectivity index (χ0n) is 10.4. The molecule has 0 atom stereocenters. The Kier molecular flexibility index (Phi) is 4.34. The van der Waals surface area contributed by atoms with Crippen LogP contribution in [0.3, 0.4) is 0 Å². The Bertz CT molecular complexity index is 730. The van der Waals surface area contributed by atoms with E-state index in [0.717, 1.165) is 12.1 Å². The monoisotopic (exact) mass is 322 g/mol. The number of rotatable bonds is 3. The molecule has 0 saturated carbocycles. The van der Waals surface area contributed by atoms with Gasteiger partial charge in [-0.25, -0.2) is 30.7 Å². The van der Waals surface area contributed by atoms with Gasteiger partial charge in [0.15, 0.2) is 29.1 Å². The number of hydrogen-bond donors (Lipinski definition) is 1. The van der Waals surface area contributed by atoms with Crippen LogP contribution in [0.4, 0.5) is 36.4 Å². The fraction of sp³-hybridized carbons (Fsp3) is 0. The maximum atomic E-state index is 13.3. The lowest BCUT2D eigenvalue weighted by molar-refractivity contribution is 0.377. The van der Waals surface area contributed by atoms with Gasteiger partial charge in [-0.15, -0.1) is 0 Å². The van der Waals surface area contributed by atoms with Crippen LogP contribution in [0.15, 0.2) is 23.3 Å². The van der Waals surface area contributed by atoms with Crippen LogP contribution < -0.4 is 5.43 Å². The van der Waals surface area contributed by atoms with Crippen molar-refractivity contribution in [2.24, 2.45) is 5.10 Å². The van der Waals surface area contributed by atoms with Crippen molar-refractivity contribution in [2.45, 2.75) is 0 Å². The van der Waals surface area contributed by atoms with E-state index in [1.807, 2.05) is 5.43 Å². The molecule has 0 aliphatic heterocycles. The summed E-state index contributed by atoms with van der Waals surface area (Å²) in [5, 5.41) is 3.16. The predicted molar refractivity (Wildman–Crippen MR) is 63.8 cm³/mol. The van der Waals surface area contributed by atoms with E-state index in [-0.39, 0.29) is 5.69 Å². The second-order valence-corrected chi connectivity index (χ2v) is 3.98. The summed E-state index contributed by atoms with van der Waals surface area (Å²) in [5.74, 6) is -12.7. The quantitative estimate of drug-likeness (QED) is 0.297. The summed E-state index contributed by atoms with van der Waals surface area (Å²) >= 11 is 0. The summed E-state index contributed by atoms with van der Waals surface area (Å²) in [6.45, 7) is 0. The van der Waals surface area contributed by atoms with Gasteiger partial charge >= 0.3 is 0 Å². The van der Waals surface area contributed by atoms with E-state index in [4.69, 9.17) is 0 Å². The van der Waals surface area contributed by atoms with Crippen molar-refractivity contribution in [1.82, 2.24) is 0 Å². The molecule has 2 rings (SSSR count). The highest BCUT2D eigenvalue weighted by molar-refractivity contribution is 5.81. The van der Waals surface area contributed by atoms with E-state index in [1.54, 1.807) is 0 Å². The summed E-state index contributed by atoms with van der Waals surface area (Å²) in [6.07, 6.45) is 0.291. The van der Waals surface area contributed by atoms with Crippen LogP contribution in [-0.4, -0.2) is 6.21 Å². The van der Waals surface area contributed by atoms with E-state index in [0.29, 0.717) is 12.3 Å². The summed E-state index contributed by atoms with van der Waals surface area (Å²) in [4.78, 5) is 0. The van der Waals surface area contributed by atoms with Crippen LogP contribution in [-0.2, 0) is 0 Å². The Morgan fingerprint density at radius 3 is 1.86 bits per heavy atom. The minimum Gasteiger partial charge on any atom is -0.276 e. The van der Waals surface area contributed by atoms with Crippen LogP contribution in [0.1, 0.15) is 5.56 Å². The molecule has 0 spiro atoms. The number of anilines is 1. The van der Waals surface area contributed by atoms with Crippen molar-refractivity contribution >= 4 is 11.9 Å². The molecule has 2 aromatic carbocycles. The van der Waals surface area contributed by atoms with Crippen molar-refractivity contribution in [3.05, 3.63) is 64.5 Å². The lowest BCUT2D eigenvalue weighted by Crippen LogP contribution is -2.07. The fourth-order valence-electron chi connectivity index (χ4n) is 1.48. The lowest BCUT2D eigenvalue weighted by atomic mass is 10.2. The SMILES string of the molecule is Fc1ccc(N/N=C/c2c(F)c(F)c(F)c(F)c2F)c(F)c1. The lowest BCUT2D eigenvalue weighted by Gasteiger charge is -2.05. The second kappa shape index (κ2) is 6.04. The Balaban J connectivity index is 2.31. The van der Waals surface area contributed by atoms with E-state index in [2.05, 4.69) is 5.10 Å². The molecule has 0 aliphatic carbocycles. The highest BCUT2D eigenvalue weighted by atomic mass is 19.2. The topological polar surface area (TPSA) is 24.4 Å². The van der Waals surface area contributed by atoms with Gasteiger partial charge in [0.25, 0.3) is 0 Å². The highest BCUT2D eigenvalue weighted by Gasteiger charge is 2.24. The molecule has 0 aliphatic rings. The normalized spacial score (nSPS) is 11.2. The van der Waals surface area contributed by atoms with Crippen molar-refractivity contribution in [3.8, 4) is 0 Å². The summed E-state index contributed by atoms with van der Waals surface area (Å²) < 4.78 is 91.1. The molecule has 9 heteroatoms. The third-order valence-electron chi connectivity index (χ3n) is 2.55. The van der Waals surface area contributed by atoms with E-state index < -0.39 is 46.3 Å². The van der Waals surface area contributed by atoms with Crippen LogP contribution in [0.5, 0.6) is 0 Å². The minimum absolute atomic E-state index is 0.291. The number of hydrogen-bond acceptors (Lipinski definition) is 2. The van der Waals surface area contributed by atoms with Crippen LogP contribution in [0.25, 0.3) is 0 Å². The number of nitrogens with zero attached hydrogens (tertiary/aromatic N) is 1. The van der Waals surface area contributed by atoms with Crippen LogP contribution >= 0.6 is 0 Å². The summed E-state index contributed by atoms with van der Waals surface area (Å²) in [7, 11) is 0. The maximum absolute atomic E-state index is 13.3. The molecular weight excluding hydrogens is 317 g/mol. The first-order valence-electron chi connectivity index (χ1n) is 5.58. The van der Waals surface area contributed by atoms with E-state index in [9.17, 15) is 30.7 Å². The number of hydrazone groups is 1. The van der Waals surface area contributed by atoms with Crippen molar-refractivity contribution < 1.29 is 30.7 Å². The molecule has 0 saturated heterocycles. The van der Waals surface area contributed by atoms with Gasteiger partial charge in [-0.1, -0.05) is 0 Å². The second-order valence-electron chi connectivity index (χ2n) is 3.98. The fourth-order valence-corrected chi connectivity index (χ4v) is 1.48. The number of nitrogens with one attached hydrogen (secondary N) is 1. The number of benzene rings is 2. The Labute approximate surface area is 118 Å². The largest absolute Gasteiger partial charge is 0.276 e. The Morgan fingerprint density at radius 1 is 0.773 bits per heavy atom. The van der Waals surface area contributed by atoms with Crippen molar-refractivity contribution in [1.29, 1.82) is 0 Å². The first-order chi connectivity index (χ1) is 10.3. The smallest absolute Gasteiger partial charge is 0.200 e. The molecule has 0 unspecified atom stereocenters. The molecular formula is C13H5F7N2. The number of halogens is 7. The molecule has 0 aromatic heterocycles. The van der Waals surface area contributed by atoms with Gasteiger partial charge in [-0.3, -0.25) is 5.43 Å². The summed E-state index contributed by atoms with van der Waals surface area (Å²) in [5.41, 5.74) is 0.293. The molecule has 0 radical (unpaired) electrons. The zero-order chi connectivity index (χ0) is 16.4. The zero-order valence-corrected chi connectivity index (χ0v) is 10.4. The minimum atomic E-state index is -2.30. The Morgan fingerprint density at radius 2 is 1.32 bits per heavy atom. The molecule has 1 N–H and O–H groups in total. The summed E-state index contributed by atoms with van der Waals surface area (Å²) in [6, 6.07) is 2.32. The van der Waals surface area contributed by atoms with E-state index >= 15 is 0 Å². The molecule has 0 heterocycles. The molecule has 0 fully saturated rings. The van der Waals surface area contributed by atoms with Gasteiger partial charge in [0.2, 0.25) is 5.82 Å². The average molecular weight is 322 g/mol. The van der Waals surface area contributed by atoms with Gasteiger partial charge in [-0.05, 0) is 12.1 Å². The molecule has 2 nitrogen and oxygen atoms in total. The molecule has 22 heavy (non-hydrogen) atoms. The van der Waals surface area contributed by atoms with Gasteiger partial charge in [0.1, 0.15) is 5.82 Å². The van der Waals surface area contributed by atoms with Gasteiger partial charge < -0.3 is 0 Å². The third-order valence-corrected chi connectivity index (χ3v) is 2.55. The average Bonchev–Trinajstić information content (AvgIpc) is 2.48. The van der Waals surface area contributed by atoms with Crippen molar-refractivity contribution in [2.75, 3.05) is 5.43 Å². The Hall–Kier alpha value is -2.58. The van der Waals surface area contributed by atoms with Crippen LogP contribution in [0, 0.1) is 40.7 Å². The van der Waals surface area contributed by atoms with Crippen molar-refractivity contribution in [3.63, 3.8) is 0 Å². The van der Waals surface area contributed by atoms with E-state index in [1.165, 1.54) is 0 Å². The third kappa shape index (κ3) is 2.87. The molecule has 2 aromatic rings. The maximum Gasteiger partial charge on any atom is 0.200 e. The first-order valence-corrected chi connectivity index (χ1v) is 5.58. The van der Waals surface area contributed by atoms with Gasteiger partial charge in [0.05, 0.1) is 17.5 Å². The van der Waals surface area contributed by atoms with Gasteiger partial charge in [-0.2, -0.15) is 5.10 Å². The molecule has 0 amide bonds. The van der Waals surface area contributed by atoms with Gasteiger partial charge in [0, 0.05) is 6.07 Å². The standard InChI is InChI=1S/C13H5F7N2/c14-5-1-2-8(7(15)3-5)22-21-4-6-9(16)11(18)13(20)12(19)10(6)17/h1-4,22H/b21-4+. The molecule has 0 bridgehead atoms. The molecule has 116 valence electrons. The first kappa shape index (κ1) is 15.8. The highest BCUT2D eigenvalue weighted by Crippen LogP contribution is 2.22.